The summed E-state index contributed by atoms with van der Waals surface area (Å²) < 4.78 is 0. The predicted octanol–water partition coefficient (Wildman–Crippen LogP) is 3.92. The van der Waals surface area contributed by atoms with Gasteiger partial charge in [0.2, 0.25) is 5.91 Å². The second kappa shape index (κ2) is 6.20. The van der Waals surface area contributed by atoms with Gasteiger partial charge in [-0.3, -0.25) is 9.79 Å². The van der Waals surface area contributed by atoms with Gasteiger partial charge in [-0.1, -0.05) is 17.7 Å². The summed E-state index contributed by atoms with van der Waals surface area (Å²) in [4.78, 5) is 17.9. The molecule has 5 heteroatoms. The molecule has 22 heavy (non-hydrogen) atoms. The van der Waals surface area contributed by atoms with E-state index >= 15 is 0 Å². The largest absolute Gasteiger partial charge is 0.507 e. The maximum absolute atomic E-state index is 11.8. The third-order valence-electron chi connectivity index (χ3n) is 3.56. The average molecular weight is 315 g/mol. The van der Waals surface area contributed by atoms with Gasteiger partial charge in [-0.2, -0.15) is 0 Å². The minimum Gasteiger partial charge on any atom is -0.507 e. The topological polar surface area (TPSA) is 52.9 Å². The SMILES string of the molecule is O=C1CCCN1c1cccc(N=Cc2cc(Cl)ccc2O)c1. The number of carbonyl (C=O) groups is 1. The number of benzene rings is 2. The van der Waals surface area contributed by atoms with Crippen molar-refractivity contribution in [2.75, 3.05) is 11.4 Å². The molecule has 0 aromatic heterocycles. The molecule has 0 aliphatic carbocycles. The van der Waals surface area contributed by atoms with E-state index in [2.05, 4.69) is 4.99 Å². The van der Waals surface area contributed by atoms with Crippen LogP contribution in [0.5, 0.6) is 5.75 Å². The molecule has 1 aliphatic rings. The number of amides is 1. The van der Waals surface area contributed by atoms with E-state index in [-0.39, 0.29) is 11.7 Å². The zero-order chi connectivity index (χ0) is 15.5. The molecule has 0 atom stereocenters. The molecule has 1 N–H and O–H groups in total. The minimum absolute atomic E-state index is 0.124. The molecule has 0 unspecified atom stereocenters. The zero-order valence-corrected chi connectivity index (χ0v) is 12.6. The van der Waals surface area contributed by atoms with Gasteiger partial charge in [-0.05, 0) is 42.8 Å². The highest BCUT2D eigenvalue weighted by Crippen LogP contribution is 2.26. The summed E-state index contributed by atoms with van der Waals surface area (Å²) in [5.74, 6) is 0.271. The minimum atomic E-state index is 0.124. The summed E-state index contributed by atoms with van der Waals surface area (Å²) in [6.07, 6.45) is 3.05. The van der Waals surface area contributed by atoms with Crippen molar-refractivity contribution in [3.63, 3.8) is 0 Å². The Morgan fingerprint density at radius 3 is 2.86 bits per heavy atom. The van der Waals surface area contributed by atoms with Crippen LogP contribution in [0.25, 0.3) is 0 Å². The lowest BCUT2D eigenvalue weighted by atomic mass is 10.2. The number of rotatable bonds is 3. The van der Waals surface area contributed by atoms with Crippen LogP contribution in [0.15, 0.2) is 47.5 Å². The molecular weight excluding hydrogens is 300 g/mol. The van der Waals surface area contributed by atoms with E-state index < -0.39 is 0 Å². The number of carbonyl (C=O) groups excluding carboxylic acids is 1. The van der Waals surface area contributed by atoms with Crippen LogP contribution in [-0.2, 0) is 4.79 Å². The van der Waals surface area contributed by atoms with Crippen molar-refractivity contribution in [3.05, 3.63) is 53.1 Å². The molecule has 0 radical (unpaired) electrons. The molecule has 1 saturated heterocycles. The summed E-state index contributed by atoms with van der Waals surface area (Å²) in [7, 11) is 0. The van der Waals surface area contributed by atoms with E-state index in [9.17, 15) is 9.90 Å². The Labute approximate surface area is 133 Å². The first kappa shape index (κ1) is 14.6. The number of halogens is 1. The van der Waals surface area contributed by atoms with Crippen LogP contribution in [0.4, 0.5) is 11.4 Å². The predicted molar refractivity (Wildman–Crippen MR) is 88.4 cm³/mol. The molecule has 0 saturated carbocycles. The Morgan fingerprint density at radius 1 is 1.23 bits per heavy atom. The van der Waals surface area contributed by atoms with Crippen LogP contribution in [0.2, 0.25) is 5.02 Å². The highest BCUT2D eigenvalue weighted by molar-refractivity contribution is 6.30. The highest BCUT2D eigenvalue weighted by Gasteiger charge is 2.21. The summed E-state index contributed by atoms with van der Waals surface area (Å²) in [6, 6.07) is 12.3. The first-order valence-corrected chi connectivity index (χ1v) is 7.44. The average Bonchev–Trinajstić information content (AvgIpc) is 2.95. The molecule has 0 spiro atoms. The lowest BCUT2D eigenvalue weighted by Crippen LogP contribution is -2.23. The lowest BCUT2D eigenvalue weighted by Gasteiger charge is -2.15. The molecule has 2 aromatic rings. The van der Waals surface area contributed by atoms with Gasteiger partial charge < -0.3 is 10.0 Å². The molecule has 1 fully saturated rings. The van der Waals surface area contributed by atoms with Crippen molar-refractivity contribution in [1.82, 2.24) is 0 Å². The van der Waals surface area contributed by atoms with Gasteiger partial charge in [0.25, 0.3) is 0 Å². The smallest absolute Gasteiger partial charge is 0.227 e. The number of anilines is 1. The molecule has 1 aliphatic heterocycles. The Hall–Kier alpha value is -2.33. The molecular formula is C17H15ClN2O2. The molecule has 1 heterocycles. The summed E-state index contributed by atoms with van der Waals surface area (Å²) >= 11 is 5.91. The van der Waals surface area contributed by atoms with Crippen molar-refractivity contribution in [1.29, 1.82) is 0 Å². The van der Waals surface area contributed by atoms with Gasteiger partial charge in [0, 0.05) is 35.5 Å². The molecule has 1 amide bonds. The van der Waals surface area contributed by atoms with Crippen LogP contribution in [0, 0.1) is 0 Å². The second-order valence-electron chi connectivity index (χ2n) is 5.13. The normalized spacial score (nSPS) is 15.0. The fourth-order valence-corrected chi connectivity index (χ4v) is 2.62. The number of hydrogen-bond acceptors (Lipinski definition) is 3. The standard InChI is InChI=1S/C17H15ClN2O2/c18-13-6-7-16(21)12(9-13)11-19-14-3-1-4-15(10-14)20-8-2-5-17(20)22/h1,3-4,6-7,9-11,21H,2,5,8H2. The molecule has 3 rings (SSSR count). The summed E-state index contributed by atoms with van der Waals surface area (Å²) in [6.45, 7) is 0.751. The maximum Gasteiger partial charge on any atom is 0.227 e. The molecule has 2 aromatic carbocycles. The fourth-order valence-electron chi connectivity index (χ4n) is 2.44. The van der Waals surface area contributed by atoms with Crippen LogP contribution >= 0.6 is 11.6 Å². The number of aliphatic imine (C=N–C) groups is 1. The number of hydrogen-bond donors (Lipinski definition) is 1. The Bertz CT molecular complexity index is 743. The third-order valence-corrected chi connectivity index (χ3v) is 3.79. The first-order valence-electron chi connectivity index (χ1n) is 7.06. The van der Waals surface area contributed by atoms with E-state index in [1.807, 2.05) is 24.3 Å². The lowest BCUT2D eigenvalue weighted by molar-refractivity contribution is -0.117. The van der Waals surface area contributed by atoms with E-state index in [0.717, 1.165) is 24.3 Å². The quantitative estimate of drug-likeness (QED) is 0.873. The van der Waals surface area contributed by atoms with Crippen molar-refractivity contribution in [3.8, 4) is 5.75 Å². The van der Waals surface area contributed by atoms with Crippen molar-refractivity contribution in [2.45, 2.75) is 12.8 Å². The number of phenols is 1. The van der Waals surface area contributed by atoms with E-state index in [1.54, 1.807) is 23.2 Å². The van der Waals surface area contributed by atoms with Crippen molar-refractivity contribution >= 4 is 35.1 Å². The van der Waals surface area contributed by atoms with Gasteiger partial charge >= 0.3 is 0 Å². The Balaban J connectivity index is 1.85. The van der Waals surface area contributed by atoms with Gasteiger partial charge in [0.1, 0.15) is 5.75 Å². The molecule has 0 bridgehead atoms. The van der Waals surface area contributed by atoms with Crippen LogP contribution < -0.4 is 4.90 Å². The van der Waals surface area contributed by atoms with E-state index in [4.69, 9.17) is 11.6 Å². The fraction of sp³-hybridized carbons (Fsp3) is 0.176. The highest BCUT2D eigenvalue weighted by atomic mass is 35.5. The van der Waals surface area contributed by atoms with Gasteiger partial charge in [-0.25, -0.2) is 0 Å². The van der Waals surface area contributed by atoms with Crippen LogP contribution in [0.3, 0.4) is 0 Å². The number of nitrogens with zero attached hydrogens (tertiary/aromatic N) is 2. The van der Waals surface area contributed by atoms with Crippen LogP contribution in [0.1, 0.15) is 18.4 Å². The van der Waals surface area contributed by atoms with Crippen LogP contribution in [-0.4, -0.2) is 23.8 Å². The third kappa shape index (κ3) is 3.12. The molecule has 4 nitrogen and oxygen atoms in total. The molecule has 112 valence electrons. The monoisotopic (exact) mass is 314 g/mol. The zero-order valence-electron chi connectivity index (χ0n) is 11.9. The first-order chi connectivity index (χ1) is 10.6. The number of phenolic OH excluding ortho intramolecular Hbond substituents is 1. The number of aromatic hydroxyl groups is 1. The van der Waals surface area contributed by atoms with Crippen molar-refractivity contribution < 1.29 is 9.90 Å². The Morgan fingerprint density at radius 2 is 2.09 bits per heavy atom. The second-order valence-corrected chi connectivity index (χ2v) is 5.57. The van der Waals surface area contributed by atoms with Gasteiger partial charge in [-0.15, -0.1) is 0 Å². The van der Waals surface area contributed by atoms with E-state index in [0.29, 0.717) is 17.0 Å². The Kier molecular flexibility index (Phi) is 4.11. The maximum atomic E-state index is 11.8. The summed E-state index contributed by atoms with van der Waals surface area (Å²) in [5, 5.41) is 10.3. The van der Waals surface area contributed by atoms with Gasteiger partial charge in [0.15, 0.2) is 0 Å². The van der Waals surface area contributed by atoms with Crippen molar-refractivity contribution in [2.24, 2.45) is 4.99 Å². The summed E-state index contributed by atoms with van der Waals surface area (Å²) in [5.41, 5.74) is 2.12. The van der Waals surface area contributed by atoms with Gasteiger partial charge in [0.05, 0.1) is 5.69 Å². The van der Waals surface area contributed by atoms with E-state index in [1.165, 1.54) is 6.07 Å².